The van der Waals surface area contributed by atoms with E-state index in [1.165, 1.54) is 12.0 Å². The number of unbranched alkanes of at least 4 members (excludes halogenated alkanes) is 1. The summed E-state index contributed by atoms with van der Waals surface area (Å²) in [6.07, 6.45) is 3.23. The Balaban J connectivity index is 2.17. The molecule has 0 spiro atoms. The molecule has 0 aromatic heterocycles. The third-order valence-corrected chi connectivity index (χ3v) is 6.50. The second-order valence-corrected chi connectivity index (χ2v) is 8.12. The Hall–Kier alpha value is -0.821. The summed E-state index contributed by atoms with van der Waals surface area (Å²) in [5.74, 6) is 8.55. The van der Waals surface area contributed by atoms with E-state index in [4.69, 9.17) is 14.2 Å². The van der Waals surface area contributed by atoms with Gasteiger partial charge in [-0.1, -0.05) is 0 Å². The molecule has 1 rings (SSSR count). The Labute approximate surface area is 147 Å². The van der Waals surface area contributed by atoms with Gasteiger partial charge in [-0.15, -0.1) is 0 Å². The van der Waals surface area contributed by atoms with Gasteiger partial charge in [0.25, 0.3) is 0 Å². The molecule has 1 aromatic carbocycles. The first-order valence-corrected chi connectivity index (χ1v) is 10.5. The topological polar surface area (TPSA) is 27.7 Å². The monoisotopic (exact) mass is 384 g/mol. The first-order valence-electron chi connectivity index (χ1n) is 7.94. The molecule has 0 amide bonds. The third-order valence-electron chi connectivity index (χ3n) is 3.69. The second kappa shape index (κ2) is 12.6. The van der Waals surface area contributed by atoms with Gasteiger partial charge in [-0.25, -0.2) is 0 Å². The Kier molecular flexibility index (Phi) is 11.1. The van der Waals surface area contributed by atoms with Crippen LogP contribution in [0.2, 0.25) is 5.82 Å². The van der Waals surface area contributed by atoms with E-state index in [0.29, 0.717) is 39.1 Å². The molecule has 0 saturated carbocycles. The summed E-state index contributed by atoms with van der Waals surface area (Å²) in [6.45, 7) is 4.23. The Bertz CT molecular complexity index is 466. The van der Waals surface area contributed by atoms with Gasteiger partial charge < -0.3 is 4.74 Å². The summed E-state index contributed by atoms with van der Waals surface area (Å²) in [4.78, 5) is 0. The molecule has 0 saturated heterocycles. The van der Waals surface area contributed by atoms with E-state index in [2.05, 4.69) is 54.9 Å². The molecule has 3 nitrogen and oxygen atoms in total. The average molecular weight is 383 g/mol. The second-order valence-electron chi connectivity index (χ2n) is 5.38. The molecule has 1 unspecified atom stereocenters. The van der Waals surface area contributed by atoms with Crippen LogP contribution < -0.4 is 0 Å². The maximum atomic E-state index is 5.27. The summed E-state index contributed by atoms with van der Waals surface area (Å²) >= 11 is 0.574. The van der Waals surface area contributed by atoms with Crippen LogP contribution in [0.25, 0.3) is 0 Å². The van der Waals surface area contributed by atoms with Crippen LogP contribution in [0.15, 0.2) is 30.3 Å². The molecule has 0 fully saturated rings. The van der Waals surface area contributed by atoms with Crippen molar-refractivity contribution in [1.29, 1.82) is 0 Å². The van der Waals surface area contributed by atoms with Gasteiger partial charge in [0, 0.05) is 7.11 Å². The van der Waals surface area contributed by atoms with Crippen molar-refractivity contribution < 1.29 is 14.2 Å². The molecule has 1 aromatic rings. The molecule has 1 atom stereocenters. The van der Waals surface area contributed by atoms with Crippen LogP contribution in [0.5, 0.6) is 0 Å². The van der Waals surface area contributed by atoms with Gasteiger partial charge in [-0.3, -0.25) is 0 Å². The van der Waals surface area contributed by atoms with Gasteiger partial charge in [0.1, 0.15) is 0 Å². The molecule has 0 aliphatic rings. The Morgan fingerprint density at radius 2 is 1.87 bits per heavy atom. The number of benzene rings is 1. The van der Waals surface area contributed by atoms with Crippen molar-refractivity contribution in [3.05, 3.63) is 35.9 Å². The van der Waals surface area contributed by atoms with E-state index in [-0.39, 0.29) is 6.79 Å². The molecule has 4 heteroatoms. The summed E-state index contributed by atoms with van der Waals surface area (Å²) in [6, 6.07) is 10.8. The normalized spacial score (nSPS) is 13.2. The molecule has 0 bridgehead atoms. The zero-order valence-corrected chi connectivity index (χ0v) is 16.2. The average Bonchev–Trinajstić information content (AvgIpc) is 2.60. The van der Waals surface area contributed by atoms with Crippen LogP contribution in [-0.4, -0.2) is 48.7 Å². The van der Waals surface area contributed by atoms with E-state index in [1.807, 2.05) is 0 Å². The Morgan fingerprint density at radius 1 is 1.09 bits per heavy atom. The van der Waals surface area contributed by atoms with Gasteiger partial charge in [0.2, 0.25) is 0 Å². The zero-order valence-electron chi connectivity index (χ0n) is 14.5. The number of rotatable bonds is 11. The Morgan fingerprint density at radius 3 is 2.57 bits per heavy atom. The minimum atomic E-state index is 0.280. The summed E-state index contributed by atoms with van der Waals surface area (Å²) in [7, 11) is 1.65. The molecule has 128 valence electrons. The summed E-state index contributed by atoms with van der Waals surface area (Å²) in [5, 5.41) is 0. The van der Waals surface area contributed by atoms with Crippen LogP contribution in [0.1, 0.15) is 31.7 Å². The van der Waals surface area contributed by atoms with Crippen molar-refractivity contribution in [2.45, 2.75) is 36.3 Å². The number of ether oxygens (including phenoxy) is 3. The first kappa shape index (κ1) is 20.2. The van der Waals surface area contributed by atoms with Gasteiger partial charge in [-0.05, 0) is 0 Å². The quantitative estimate of drug-likeness (QED) is 0.254. The van der Waals surface area contributed by atoms with E-state index >= 15 is 0 Å². The number of hydrogen-bond donors (Lipinski definition) is 0. The van der Waals surface area contributed by atoms with Gasteiger partial charge in [0.15, 0.2) is 0 Å². The third kappa shape index (κ3) is 8.55. The molecule has 0 aliphatic heterocycles. The summed E-state index contributed by atoms with van der Waals surface area (Å²) in [5.41, 5.74) is 1.45. The van der Waals surface area contributed by atoms with E-state index in [9.17, 15) is 0 Å². The SMILES string of the molecule is COCCOCOCC#CCCCC(C)([Se]C)c1ccccc1. The fraction of sp³-hybridized carbons (Fsp3) is 0.579. The predicted molar refractivity (Wildman–Crippen MR) is 95.7 cm³/mol. The van der Waals surface area contributed by atoms with Crippen LogP contribution in [-0.2, 0) is 18.5 Å². The molecule has 23 heavy (non-hydrogen) atoms. The molecule has 0 N–H and O–H groups in total. The van der Waals surface area contributed by atoms with E-state index in [1.54, 1.807) is 7.11 Å². The predicted octanol–water partition coefficient (Wildman–Crippen LogP) is 3.46. The van der Waals surface area contributed by atoms with Crippen LogP contribution in [0.3, 0.4) is 0 Å². The van der Waals surface area contributed by atoms with Crippen molar-refractivity contribution in [1.82, 2.24) is 0 Å². The van der Waals surface area contributed by atoms with Gasteiger partial charge >= 0.3 is 135 Å². The molecule has 0 aliphatic carbocycles. The molecular formula is C19H28O3Se. The van der Waals surface area contributed by atoms with Crippen molar-refractivity contribution in [3.63, 3.8) is 0 Å². The van der Waals surface area contributed by atoms with Crippen LogP contribution in [0.4, 0.5) is 0 Å². The van der Waals surface area contributed by atoms with Crippen LogP contribution >= 0.6 is 0 Å². The zero-order chi connectivity index (χ0) is 16.8. The number of hydrogen-bond acceptors (Lipinski definition) is 3. The van der Waals surface area contributed by atoms with Crippen molar-refractivity contribution >= 4 is 15.0 Å². The molecule has 0 radical (unpaired) electrons. The fourth-order valence-electron chi connectivity index (χ4n) is 2.16. The first-order chi connectivity index (χ1) is 11.2. The summed E-state index contributed by atoms with van der Waals surface area (Å²) < 4.78 is 15.6. The van der Waals surface area contributed by atoms with E-state index < -0.39 is 0 Å². The van der Waals surface area contributed by atoms with Crippen molar-refractivity contribution in [2.24, 2.45) is 0 Å². The van der Waals surface area contributed by atoms with Gasteiger partial charge in [-0.2, -0.15) is 0 Å². The van der Waals surface area contributed by atoms with E-state index in [0.717, 1.165) is 12.8 Å². The molecule has 0 heterocycles. The maximum absolute atomic E-state index is 5.27. The van der Waals surface area contributed by atoms with Crippen molar-refractivity contribution in [2.75, 3.05) is 33.7 Å². The van der Waals surface area contributed by atoms with Crippen molar-refractivity contribution in [3.8, 4) is 11.8 Å². The van der Waals surface area contributed by atoms with Crippen LogP contribution in [0, 0.1) is 11.8 Å². The standard InChI is InChI=1S/C19H28O3Se/c1-19(23-3,18-11-7-6-8-12-18)13-9-4-5-10-14-21-17-22-16-15-20-2/h6-8,11-12H,4,9,13-17H2,1-3H3. The number of methoxy groups -OCH3 is 1. The molecular weight excluding hydrogens is 355 g/mol. The van der Waals surface area contributed by atoms with Gasteiger partial charge in [0.05, 0.1) is 0 Å². The minimum absolute atomic E-state index is 0.280. The fourth-order valence-corrected chi connectivity index (χ4v) is 3.67.